The molecule has 0 aliphatic carbocycles. The molecule has 0 aromatic heterocycles. The third-order valence-corrected chi connectivity index (χ3v) is 3.50. The Labute approximate surface area is 123 Å². The molecule has 19 heavy (non-hydrogen) atoms. The molecule has 0 aliphatic rings. The highest BCUT2D eigenvalue weighted by molar-refractivity contribution is 9.10. The Kier molecular flexibility index (Phi) is 4.41. The lowest BCUT2D eigenvalue weighted by Crippen LogP contribution is -2.00. The monoisotopic (exact) mass is 338 g/mol. The number of halogens is 3. The maximum Gasteiger partial charge on any atom is 0.137 e. The van der Waals surface area contributed by atoms with Crippen LogP contribution in [0.15, 0.2) is 40.9 Å². The lowest BCUT2D eigenvalue weighted by atomic mass is 10.2. The van der Waals surface area contributed by atoms with E-state index in [-0.39, 0.29) is 5.82 Å². The second-order valence-electron chi connectivity index (χ2n) is 3.91. The third kappa shape index (κ3) is 3.46. The van der Waals surface area contributed by atoms with Crippen LogP contribution in [0.3, 0.4) is 0 Å². The van der Waals surface area contributed by atoms with Gasteiger partial charge in [-0.2, -0.15) is 5.26 Å². The zero-order chi connectivity index (χ0) is 13.8. The molecule has 2 aromatic carbocycles. The first-order valence-corrected chi connectivity index (χ1v) is 6.64. The highest BCUT2D eigenvalue weighted by Crippen LogP contribution is 2.21. The maximum absolute atomic E-state index is 13.1. The molecule has 0 heterocycles. The summed E-state index contributed by atoms with van der Waals surface area (Å²) in [6.45, 7) is 0.533. The van der Waals surface area contributed by atoms with Gasteiger partial charge in [0.25, 0.3) is 0 Å². The van der Waals surface area contributed by atoms with Gasteiger partial charge in [0.05, 0.1) is 15.1 Å². The van der Waals surface area contributed by atoms with Crippen molar-refractivity contribution in [3.05, 3.63) is 62.8 Å². The van der Waals surface area contributed by atoms with Crippen molar-refractivity contribution in [2.24, 2.45) is 0 Å². The molecule has 2 aromatic rings. The van der Waals surface area contributed by atoms with Crippen LogP contribution in [-0.2, 0) is 6.54 Å². The molecular formula is C14H9BrClFN2. The van der Waals surface area contributed by atoms with Gasteiger partial charge in [-0.3, -0.25) is 0 Å². The molecule has 0 aliphatic heterocycles. The van der Waals surface area contributed by atoms with Crippen molar-refractivity contribution < 1.29 is 4.39 Å². The van der Waals surface area contributed by atoms with Crippen LogP contribution in [0, 0.1) is 17.1 Å². The lowest BCUT2D eigenvalue weighted by Gasteiger charge is -2.08. The Morgan fingerprint density at radius 3 is 2.74 bits per heavy atom. The van der Waals surface area contributed by atoms with Gasteiger partial charge in [-0.25, -0.2) is 4.39 Å². The number of nitriles is 1. The Hall–Kier alpha value is -1.57. The van der Waals surface area contributed by atoms with Gasteiger partial charge in [0.15, 0.2) is 0 Å². The molecule has 0 spiro atoms. The van der Waals surface area contributed by atoms with E-state index in [1.54, 1.807) is 30.3 Å². The average Bonchev–Trinajstić information content (AvgIpc) is 2.41. The molecule has 1 N–H and O–H groups in total. The van der Waals surface area contributed by atoms with Gasteiger partial charge in [-0.1, -0.05) is 17.7 Å². The normalized spacial score (nSPS) is 10.0. The average molecular weight is 340 g/mol. The minimum atomic E-state index is -0.290. The van der Waals surface area contributed by atoms with Crippen molar-refractivity contribution in [2.45, 2.75) is 6.54 Å². The summed E-state index contributed by atoms with van der Waals surface area (Å²) in [6, 6.07) is 12.0. The van der Waals surface area contributed by atoms with Gasteiger partial charge in [0, 0.05) is 12.2 Å². The summed E-state index contributed by atoms with van der Waals surface area (Å²) in [4.78, 5) is 0. The zero-order valence-electron chi connectivity index (χ0n) is 9.75. The molecule has 0 saturated heterocycles. The van der Waals surface area contributed by atoms with Gasteiger partial charge in [-0.05, 0) is 51.8 Å². The van der Waals surface area contributed by atoms with E-state index in [1.807, 2.05) is 6.07 Å². The topological polar surface area (TPSA) is 35.8 Å². The van der Waals surface area contributed by atoms with Crippen LogP contribution in [-0.4, -0.2) is 0 Å². The molecule has 0 amide bonds. The minimum absolute atomic E-state index is 0.290. The first kappa shape index (κ1) is 13.9. The van der Waals surface area contributed by atoms with E-state index in [1.165, 1.54) is 6.07 Å². The SMILES string of the molecule is N#Cc1cc(NCc2ccc(F)c(Br)c2)ccc1Cl. The van der Waals surface area contributed by atoms with Gasteiger partial charge in [0.1, 0.15) is 11.9 Å². The van der Waals surface area contributed by atoms with Crippen LogP contribution in [0.4, 0.5) is 10.1 Å². The Morgan fingerprint density at radius 1 is 1.26 bits per heavy atom. The molecule has 0 atom stereocenters. The highest BCUT2D eigenvalue weighted by atomic mass is 79.9. The van der Waals surface area contributed by atoms with E-state index in [4.69, 9.17) is 16.9 Å². The summed E-state index contributed by atoms with van der Waals surface area (Å²) in [6.07, 6.45) is 0. The van der Waals surface area contributed by atoms with Crippen molar-refractivity contribution in [2.75, 3.05) is 5.32 Å². The smallest absolute Gasteiger partial charge is 0.137 e. The highest BCUT2D eigenvalue weighted by Gasteiger charge is 2.03. The van der Waals surface area contributed by atoms with Crippen LogP contribution < -0.4 is 5.32 Å². The van der Waals surface area contributed by atoms with Crippen LogP contribution in [0.1, 0.15) is 11.1 Å². The minimum Gasteiger partial charge on any atom is -0.381 e. The molecule has 0 bridgehead atoms. The first-order valence-electron chi connectivity index (χ1n) is 5.47. The summed E-state index contributed by atoms with van der Waals surface area (Å²) < 4.78 is 13.5. The van der Waals surface area contributed by atoms with E-state index >= 15 is 0 Å². The molecule has 2 rings (SSSR count). The maximum atomic E-state index is 13.1. The first-order chi connectivity index (χ1) is 9.10. The summed E-state index contributed by atoms with van der Waals surface area (Å²) in [5.41, 5.74) is 2.15. The molecule has 5 heteroatoms. The summed E-state index contributed by atoms with van der Waals surface area (Å²) in [7, 11) is 0. The van der Waals surface area contributed by atoms with Crippen molar-refractivity contribution in [3.8, 4) is 6.07 Å². The number of hydrogen-bond acceptors (Lipinski definition) is 2. The fourth-order valence-corrected chi connectivity index (χ4v) is 2.16. The molecule has 96 valence electrons. The second-order valence-corrected chi connectivity index (χ2v) is 5.17. The van der Waals surface area contributed by atoms with Crippen LogP contribution in [0.2, 0.25) is 5.02 Å². The van der Waals surface area contributed by atoms with E-state index in [0.29, 0.717) is 21.6 Å². The van der Waals surface area contributed by atoms with Crippen molar-refractivity contribution in [1.29, 1.82) is 5.26 Å². The number of hydrogen-bond donors (Lipinski definition) is 1. The van der Waals surface area contributed by atoms with Crippen LogP contribution in [0.5, 0.6) is 0 Å². The Morgan fingerprint density at radius 2 is 2.05 bits per heavy atom. The van der Waals surface area contributed by atoms with Gasteiger partial charge >= 0.3 is 0 Å². The van der Waals surface area contributed by atoms with E-state index in [2.05, 4.69) is 21.2 Å². The molecule has 0 saturated carbocycles. The van der Waals surface area contributed by atoms with Crippen LogP contribution >= 0.6 is 27.5 Å². The third-order valence-electron chi connectivity index (χ3n) is 2.57. The quantitative estimate of drug-likeness (QED) is 0.878. The number of rotatable bonds is 3. The van der Waals surface area contributed by atoms with Gasteiger partial charge in [-0.15, -0.1) is 0 Å². The van der Waals surface area contributed by atoms with E-state index in [9.17, 15) is 4.39 Å². The second kappa shape index (κ2) is 6.05. The summed E-state index contributed by atoms with van der Waals surface area (Å²) >= 11 is 8.99. The van der Waals surface area contributed by atoms with Crippen LogP contribution in [0.25, 0.3) is 0 Å². The molecule has 0 fully saturated rings. The number of anilines is 1. The molecule has 0 radical (unpaired) electrons. The predicted molar refractivity (Wildman–Crippen MR) is 77.6 cm³/mol. The molecular weight excluding hydrogens is 331 g/mol. The van der Waals surface area contributed by atoms with Crippen molar-refractivity contribution in [1.82, 2.24) is 0 Å². The van der Waals surface area contributed by atoms with Gasteiger partial charge in [0.2, 0.25) is 0 Å². The lowest BCUT2D eigenvalue weighted by molar-refractivity contribution is 0.620. The number of nitrogens with one attached hydrogen (secondary N) is 1. The Balaban J connectivity index is 2.10. The largest absolute Gasteiger partial charge is 0.381 e. The van der Waals surface area contributed by atoms with Crippen molar-refractivity contribution in [3.63, 3.8) is 0 Å². The zero-order valence-corrected chi connectivity index (χ0v) is 12.1. The number of benzene rings is 2. The van der Waals surface area contributed by atoms with Gasteiger partial charge < -0.3 is 5.32 Å². The fourth-order valence-electron chi connectivity index (χ4n) is 1.57. The fraction of sp³-hybridized carbons (Fsp3) is 0.0714. The predicted octanol–water partition coefficient (Wildman–Crippen LogP) is 4.73. The summed E-state index contributed by atoms with van der Waals surface area (Å²) in [5, 5.41) is 12.5. The van der Waals surface area contributed by atoms with Crippen molar-refractivity contribution >= 4 is 33.2 Å². The summed E-state index contributed by atoms with van der Waals surface area (Å²) in [5.74, 6) is -0.290. The number of nitrogens with zero attached hydrogens (tertiary/aromatic N) is 1. The molecule has 2 nitrogen and oxygen atoms in total. The van der Waals surface area contributed by atoms with E-state index < -0.39 is 0 Å². The molecule has 0 unspecified atom stereocenters. The van der Waals surface area contributed by atoms with E-state index in [0.717, 1.165) is 11.3 Å². The standard InChI is InChI=1S/C14H9BrClFN2/c15-12-5-9(1-4-14(12)17)8-19-11-2-3-13(16)10(6-11)7-18/h1-6,19H,8H2. The Bertz CT molecular complexity index is 652.